The van der Waals surface area contributed by atoms with Crippen molar-refractivity contribution in [3.63, 3.8) is 0 Å². The first-order valence-electron chi connectivity index (χ1n) is 10.6. The molecular weight excluding hydrogens is 400 g/mol. The van der Waals surface area contributed by atoms with Crippen LogP contribution in [0.3, 0.4) is 0 Å². The topological polar surface area (TPSA) is 89.7 Å². The van der Waals surface area contributed by atoms with Crippen molar-refractivity contribution in [2.75, 3.05) is 24.5 Å². The molecular formula is C22H25ClN6O. The number of carbonyl (C=O) groups excluding carboxylic acids is 1. The molecule has 1 saturated carbocycles. The highest BCUT2D eigenvalue weighted by Crippen LogP contribution is 2.39. The molecule has 2 aromatic heterocycles. The third-order valence-electron chi connectivity index (χ3n) is 6.06. The summed E-state index contributed by atoms with van der Waals surface area (Å²) in [4.78, 5) is 14.7. The number of hydrogen-bond donors (Lipinski definition) is 3. The molecule has 5 rings (SSSR count). The van der Waals surface area contributed by atoms with E-state index in [-0.39, 0.29) is 5.91 Å². The number of hydrogen-bond acceptors (Lipinski definition) is 4. The molecule has 1 amide bonds. The third-order valence-corrected chi connectivity index (χ3v) is 6.31. The maximum Gasteiger partial charge on any atom is 0.271 e. The average molecular weight is 425 g/mol. The number of rotatable bonds is 6. The van der Waals surface area contributed by atoms with E-state index in [4.69, 9.17) is 11.6 Å². The Morgan fingerprint density at radius 2 is 1.83 bits per heavy atom. The van der Waals surface area contributed by atoms with Gasteiger partial charge in [-0.2, -0.15) is 10.2 Å². The Bertz CT molecular complexity index is 1010. The third kappa shape index (κ3) is 4.21. The number of H-pyrrole nitrogens is 2. The number of nitrogens with one attached hydrogen (secondary N) is 3. The van der Waals surface area contributed by atoms with Gasteiger partial charge in [-0.25, -0.2) is 0 Å². The van der Waals surface area contributed by atoms with Gasteiger partial charge in [0, 0.05) is 42.3 Å². The number of nitrogens with zero attached hydrogens (tertiary/aromatic N) is 3. The molecule has 1 saturated heterocycles. The predicted molar refractivity (Wildman–Crippen MR) is 117 cm³/mol. The van der Waals surface area contributed by atoms with Crippen molar-refractivity contribution in [2.45, 2.75) is 31.6 Å². The summed E-state index contributed by atoms with van der Waals surface area (Å²) in [6, 6.07) is 11.7. The molecule has 0 radical (unpaired) electrons. The standard InChI is InChI=1S/C22H25ClN6O/c23-17-5-3-16(4-6-17)19-12-21(28-26-19)29-9-7-14(8-10-29)13-24-22(30)20-11-18(25-27-20)15-1-2-15/h3-6,11-12,14-15H,1-2,7-10,13H2,(H,24,30)(H,25,27)(H,26,28). The highest BCUT2D eigenvalue weighted by atomic mass is 35.5. The van der Waals surface area contributed by atoms with Gasteiger partial charge in [-0.15, -0.1) is 0 Å². The molecule has 1 aliphatic heterocycles. The largest absolute Gasteiger partial charge is 0.355 e. The van der Waals surface area contributed by atoms with E-state index in [1.165, 1.54) is 12.8 Å². The number of aromatic nitrogens is 4. The second-order valence-electron chi connectivity index (χ2n) is 8.27. The van der Waals surface area contributed by atoms with Crippen molar-refractivity contribution < 1.29 is 4.79 Å². The van der Waals surface area contributed by atoms with Gasteiger partial charge in [0.25, 0.3) is 5.91 Å². The molecule has 3 aromatic rings. The summed E-state index contributed by atoms with van der Waals surface area (Å²) in [6.45, 7) is 2.55. The molecule has 0 unspecified atom stereocenters. The van der Waals surface area contributed by atoms with Crippen LogP contribution in [-0.4, -0.2) is 45.9 Å². The van der Waals surface area contributed by atoms with Gasteiger partial charge in [0.15, 0.2) is 5.82 Å². The van der Waals surface area contributed by atoms with E-state index in [1.54, 1.807) is 0 Å². The molecule has 2 aliphatic rings. The van der Waals surface area contributed by atoms with E-state index in [0.29, 0.717) is 24.1 Å². The number of piperidine rings is 1. The molecule has 0 spiro atoms. The van der Waals surface area contributed by atoms with Crippen LogP contribution in [0.4, 0.5) is 5.82 Å². The van der Waals surface area contributed by atoms with E-state index in [2.05, 4.69) is 36.7 Å². The Labute approximate surface area is 180 Å². The number of anilines is 1. The number of amides is 1. The van der Waals surface area contributed by atoms with Crippen LogP contribution >= 0.6 is 11.6 Å². The molecule has 7 nitrogen and oxygen atoms in total. The van der Waals surface area contributed by atoms with Crippen LogP contribution in [0.15, 0.2) is 36.4 Å². The summed E-state index contributed by atoms with van der Waals surface area (Å²) in [7, 11) is 0. The zero-order valence-electron chi connectivity index (χ0n) is 16.7. The fourth-order valence-corrected chi connectivity index (χ4v) is 4.13. The van der Waals surface area contributed by atoms with Gasteiger partial charge in [-0.1, -0.05) is 23.7 Å². The van der Waals surface area contributed by atoms with Crippen molar-refractivity contribution in [2.24, 2.45) is 5.92 Å². The lowest BCUT2D eigenvalue weighted by Gasteiger charge is -2.32. The molecule has 1 aromatic carbocycles. The first-order valence-corrected chi connectivity index (χ1v) is 10.9. The molecule has 156 valence electrons. The summed E-state index contributed by atoms with van der Waals surface area (Å²) in [5.41, 5.74) is 3.64. The summed E-state index contributed by atoms with van der Waals surface area (Å²) in [5, 5.41) is 18.5. The molecule has 3 heterocycles. The van der Waals surface area contributed by atoms with Crippen molar-refractivity contribution >= 4 is 23.3 Å². The van der Waals surface area contributed by atoms with E-state index in [0.717, 1.165) is 53.7 Å². The van der Waals surface area contributed by atoms with Gasteiger partial charge in [-0.3, -0.25) is 15.0 Å². The van der Waals surface area contributed by atoms with Crippen molar-refractivity contribution in [1.29, 1.82) is 0 Å². The highest BCUT2D eigenvalue weighted by molar-refractivity contribution is 6.30. The van der Waals surface area contributed by atoms with Crippen molar-refractivity contribution in [1.82, 2.24) is 25.7 Å². The summed E-state index contributed by atoms with van der Waals surface area (Å²) < 4.78 is 0. The Morgan fingerprint density at radius 1 is 1.07 bits per heavy atom. The highest BCUT2D eigenvalue weighted by Gasteiger charge is 2.27. The van der Waals surface area contributed by atoms with Crippen LogP contribution in [0, 0.1) is 5.92 Å². The number of carbonyl (C=O) groups is 1. The van der Waals surface area contributed by atoms with Gasteiger partial charge in [0.1, 0.15) is 5.69 Å². The van der Waals surface area contributed by atoms with Crippen LogP contribution in [0.25, 0.3) is 11.3 Å². The van der Waals surface area contributed by atoms with Crippen LogP contribution in [0.2, 0.25) is 5.02 Å². The minimum Gasteiger partial charge on any atom is -0.355 e. The Balaban J connectivity index is 1.11. The molecule has 2 fully saturated rings. The first-order chi connectivity index (χ1) is 14.7. The lowest BCUT2D eigenvalue weighted by Crippen LogP contribution is -2.38. The number of benzene rings is 1. The quantitative estimate of drug-likeness (QED) is 0.558. The maximum absolute atomic E-state index is 12.4. The van der Waals surface area contributed by atoms with E-state index < -0.39 is 0 Å². The van der Waals surface area contributed by atoms with Gasteiger partial charge in [0.2, 0.25) is 0 Å². The normalized spacial score (nSPS) is 17.3. The zero-order valence-corrected chi connectivity index (χ0v) is 17.5. The molecule has 0 bridgehead atoms. The van der Waals surface area contributed by atoms with Crippen LogP contribution in [-0.2, 0) is 0 Å². The smallest absolute Gasteiger partial charge is 0.271 e. The second-order valence-corrected chi connectivity index (χ2v) is 8.71. The number of aromatic amines is 2. The lowest BCUT2D eigenvalue weighted by atomic mass is 9.96. The Hall–Kier alpha value is -2.80. The molecule has 3 N–H and O–H groups in total. The Kier molecular flexibility index (Phi) is 5.21. The SMILES string of the molecule is O=C(NCC1CCN(c2cc(-c3ccc(Cl)cc3)[nH]n2)CC1)c1cc(C2CC2)[nH]n1. The second kappa shape index (κ2) is 8.14. The predicted octanol–water partition coefficient (Wildman–Crippen LogP) is 3.98. The summed E-state index contributed by atoms with van der Waals surface area (Å²) in [6.07, 6.45) is 4.44. The van der Waals surface area contributed by atoms with Gasteiger partial charge < -0.3 is 10.2 Å². The monoisotopic (exact) mass is 424 g/mol. The zero-order chi connectivity index (χ0) is 20.5. The lowest BCUT2D eigenvalue weighted by molar-refractivity contribution is 0.0940. The minimum atomic E-state index is -0.0829. The minimum absolute atomic E-state index is 0.0829. The molecule has 30 heavy (non-hydrogen) atoms. The average Bonchev–Trinajstić information content (AvgIpc) is 3.29. The van der Waals surface area contributed by atoms with Crippen LogP contribution in [0.1, 0.15) is 47.8 Å². The molecule has 1 aliphatic carbocycles. The van der Waals surface area contributed by atoms with Crippen LogP contribution in [0.5, 0.6) is 0 Å². The summed E-state index contributed by atoms with van der Waals surface area (Å²) >= 11 is 5.97. The fraction of sp³-hybridized carbons (Fsp3) is 0.409. The van der Waals surface area contributed by atoms with Crippen LogP contribution < -0.4 is 10.2 Å². The first kappa shape index (κ1) is 19.2. The van der Waals surface area contributed by atoms with Crippen molar-refractivity contribution in [3.8, 4) is 11.3 Å². The van der Waals surface area contributed by atoms with E-state index in [9.17, 15) is 4.79 Å². The fourth-order valence-electron chi connectivity index (χ4n) is 4.00. The maximum atomic E-state index is 12.4. The van der Waals surface area contributed by atoms with E-state index in [1.807, 2.05) is 30.3 Å². The molecule has 8 heteroatoms. The van der Waals surface area contributed by atoms with Gasteiger partial charge >= 0.3 is 0 Å². The van der Waals surface area contributed by atoms with E-state index >= 15 is 0 Å². The molecule has 0 atom stereocenters. The number of halogens is 1. The summed E-state index contributed by atoms with van der Waals surface area (Å²) in [5.74, 6) is 1.93. The van der Waals surface area contributed by atoms with Crippen molar-refractivity contribution in [3.05, 3.63) is 52.8 Å². The van der Waals surface area contributed by atoms with Gasteiger partial charge in [0.05, 0.1) is 5.69 Å². The van der Waals surface area contributed by atoms with Gasteiger partial charge in [-0.05, 0) is 55.4 Å². The Morgan fingerprint density at radius 3 is 2.57 bits per heavy atom.